The molecule has 0 spiro atoms. The van der Waals surface area contributed by atoms with Crippen molar-refractivity contribution in [3.63, 3.8) is 0 Å². The normalized spacial score (nSPS) is 10.4. The molecule has 0 aliphatic rings. The molecule has 3 aromatic rings. The third kappa shape index (κ3) is 3.78. The number of anilines is 1. The van der Waals surface area contributed by atoms with E-state index in [9.17, 15) is 4.79 Å². The smallest absolute Gasteiger partial charge is 0.259 e. The van der Waals surface area contributed by atoms with Crippen molar-refractivity contribution in [1.82, 2.24) is 9.97 Å². The zero-order valence-corrected chi connectivity index (χ0v) is 14.3. The number of thiazole rings is 1. The van der Waals surface area contributed by atoms with E-state index < -0.39 is 0 Å². The summed E-state index contributed by atoms with van der Waals surface area (Å²) in [6.07, 6.45) is 3.38. The van der Waals surface area contributed by atoms with Crippen LogP contribution >= 0.6 is 11.3 Å². The molecule has 2 heterocycles. The van der Waals surface area contributed by atoms with Crippen LogP contribution in [0.4, 0.5) is 5.13 Å². The monoisotopic (exact) mass is 339 g/mol. The number of pyridine rings is 1. The van der Waals surface area contributed by atoms with Crippen molar-refractivity contribution in [3.8, 4) is 5.75 Å². The van der Waals surface area contributed by atoms with Crippen LogP contribution in [0.5, 0.6) is 5.75 Å². The second-order valence-electron chi connectivity index (χ2n) is 5.30. The minimum absolute atomic E-state index is 0.0937. The molecule has 0 unspecified atom stereocenters. The van der Waals surface area contributed by atoms with Gasteiger partial charge in [-0.05, 0) is 36.8 Å². The van der Waals surface area contributed by atoms with Gasteiger partial charge in [-0.25, -0.2) is 4.98 Å². The highest BCUT2D eigenvalue weighted by atomic mass is 32.1. The molecular weight excluding hydrogens is 322 g/mol. The highest BCUT2D eigenvalue weighted by Gasteiger charge is 2.15. The number of benzene rings is 1. The molecule has 2 aromatic heterocycles. The van der Waals surface area contributed by atoms with Gasteiger partial charge in [-0.3, -0.25) is 14.7 Å². The van der Waals surface area contributed by atoms with Gasteiger partial charge in [-0.2, -0.15) is 0 Å². The maximum atomic E-state index is 12.5. The highest BCUT2D eigenvalue weighted by Crippen LogP contribution is 2.19. The molecule has 0 N–H and O–H groups in total. The third-order valence-electron chi connectivity index (χ3n) is 3.47. The first-order valence-corrected chi connectivity index (χ1v) is 8.33. The van der Waals surface area contributed by atoms with E-state index in [1.165, 1.54) is 11.3 Å². The molecule has 1 amide bonds. The van der Waals surface area contributed by atoms with E-state index in [0.717, 1.165) is 11.3 Å². The van der Waals surface area contributed by atoms with E-state index in [1.54, 1.807) is 30.4 Å². The fraction of sp³-hybridized carbons (Fsp3) is 0.167. The average Bonchev–Trinajstić information content (AvgIpc) is 3.15. The van der Waals surface area contributed by atoms with Crippen molar-refractivity contribution >= 4 is 22.4 Å². The summed E-state index contributed by atoms with van der Waals surface area (Å²) in [6.45, 7) is 2.31. The van der Waals surface area contributed by atoms with Crippen molar-refractivity contribution in [2.45, 2.75) is 13.5 Å². The van der Waals surface area contributed by atoms with Gasteiger partial charge in [-0.1, -0.05) is 12.1 Å². The number of carbonyl (C=O) groups excluding carboxylic acids is 1. The lowest BCUT2D eigenvalue weighted by atomic mass is 10.1. The Morgan fingerprint density at radius 1 is 1.25 bits per heavy atom. The van der Waals surface area contributed by atoms with Crippen LogP contribution in [0.15, 0.2) is 54.2 Å². The van der Waals surface area contributed by atoms with Gasteiger partial charge in [0.1, 0.15) is 12.4 Å². The molecule has 6 heteroatoms. The number of aromatic nitrogens is 2. The summed E-state index contributed by atoms with van der Waals surface area (Å²) in [5.74, 6) is 0.612. The molecule has 0 aliphatic carbocycles. The van der Waals surface area contributed by atoms with E-state index >= 15 is 0 Å². The molecule has 24 heavy (non-hydrogen) atoms. The maximum Gasteiger partial charge on any atom is 0.259 e. The molecule has 5 nitrogen and oxygen atoms in total. The summed E-state index contributed by atoms with van der Waals surface area (Å²) >= 11 is 1.43. The van der Waals surface area contributed by atoms with Gasteiger partial charge < -0.3 is 4.74 Å². The lowest BCUT2D eigenvalue weighted by molar-refractivity contribution is 0.0993. The van der Waals surface area contributed by atoms with Crippen molar-refractivity contribution in [2.75, 3.05) is 11.9 Å². The molecule has 122 valence electrons. The first-order valence-electron chi connectivity index (χ1n) is 7.45. The number of hydrogen-bond acceptors (Lipinski definition) is 5. The predicted octanol–water partition coefficient (Wildman–Crippen LogP) is 3.70. The lowest BCUT2D eigenvalue weighted by Crippen LogP contribution is -2.26. The van der Waals surface area contributed by atoms with Crippen LogP contribution in [0, 0.1) is 6.92 Å². The molecule has 0 saturated heterocycles. The van der Waals surface area contributed by atoms with Crippen molar-refractivity contribution in [1.29, 1.82) is 0 Å². The quantitative estimate of drug-likeness (QED) is 0.711. The fourth-order valence-electron chi connectivity index (χ4n) is 2.16. The molecule has 0 aliphatic heterocycles. The number of carbonyl (C=O) groups is 1. The van der Waals surface area contributed by atoms with E-state index in [-0.39, 0.29) is 5.91 Å². The van der Waals surface area contributed by atoms with Gasteiger partial charge in [0.05, 0.1) is 6.20 Å². The van der Waals surface area contributed by atoms with Crippen LogP contribution in [-0.2, 0) is 6.61 Å². The first-order chi connectivity index (χ1) is 11.6. The summed E-state index contributed by atoms with van der Waals surface area (Å²) in [5, 5.41) is 2.52. The van der Waals surface area contributed by atoms with Gasteiger partial charge in [0.2, 0.25) is 0 Å². The highest BCUT2D eigenvalue weighted by molar-refractivity contribution is 7.13. The molecular formula is C18H17N3O2S. The van der Waals surface area contributed by atoms with Crippen LogP contribution in [0.2, 0.25) is 0 Å². The summed E-state index contributed by atoms with van der Waals surface area (Å²) in [6, 6.07) is 11.2. The number of ether oxygens (including phenoxy) is 1. The molecule has 3 rings (SSSR count). The third-order valence-corrected chi connectivity index (χ3v) is 4.32. The van der Waals surface area contributed by atoms with Crippen molar-refractivity contribution in [2.24, 2.45) is 0 Å². The fourth-order valence-corrected chi connectivity index (χ4v) is 2.77. The predicted molar refractivity (Wildman–Crippen MR) is 94.6 cm³/mol. The van der Waals surface area contributed by atoms with E-state index in [4.69, 9.17) is 4.74 Å². The number of amides is 1. The van der Waals surface area contributed by atoms with E-state index in [0.29, 0.717) is 23.1 Å². The molecule has 0 saturated carbocycles. The van der Waals surface area contributed by atoms with Crippen molar-refractivity contribution in [3.05, 3.63) is 71.0 Å². The van der Waals surface area contributed by atoms with E-state index in [1.807, 2.05) is 42.6 Å². The summed E-state index contributed by atoms with van der Waals surface area (Å²) in [5.41, 5.74) is 2.48. The van der Waals surface area contributed by atoms with E-state index in [2.05, 4.69) is 9.97 Å². The van der Waals surface area contributed by atoms with Gasteiger partial charge in [-0.15, -0.1) is 11.3 Å². The largest absolute Gasteiger partial charge is 0.487 e. The SMILES string of the molecule is Cc1ccc(OCc2cccc(C(=O)N(C)c3nccs3)c2)cn1. The Bertz CT molecular complexity index is 817. The Morgan fingerprint density at radius 3 is 2.83 bits per heavy atom. The second kappa shape index (κ2) is 7.23. The van der Waals surface area contributed by atoms with Gasteiger partial charge in [0.15, 0.2) is 5.13 Å². The second-order valence-corrected chi connectivity index (χ2v) is 6.18. The topological polar surface area (TPSA) is 55.3 Å². The van der Waals surface area contributed by atoms with Gasteiger partial charge in [0, 0.05) is 29.9 Å². The minimum Gasteiger partial charge on any atom is -0.487 e. The number of hydrogen-bond donors (Lipinski definition) is 0. The van der Waals surface area contributed by atoms with Crippen LogP contribution in [0.3, 0.4) is 0 Å². The van der Waals surface area contributed by atoms with Crippen LogP contribution in [-0.4, -0.2) is 22.9 Å². The molecule has 0 radical (unpaired) electrons. The number of aryl methyl sites for hydroxylation is 1. The standard InChI is InChI=1S/C18H17N3O2S/c1-13-6-7-16(11-20-13)23-12-14-4-3-5-15(10-14)17(22)21(2)18-19-8-9-24-18/h3-11H,12H2,1-2H3. The van der Waals surface area contributed by atoms with Crippen molar-refractivity contribution < 1.29 is 9.53 Å². The molecule has 0 bridgehead atoms. The van der Waals surface area contributed by atoms with Gasteiger partial charge in [0.25, 0.3) is 5.91 Å². The van der Waals surface area contributed by atoms with Gasteiger partial charge >= 0.3 is 0 Å². The van der Waals surface area contributed by atoms with Crippen LogP contribution in [0.25, 0.3) is 0 Å². The summed E-state index contributed by atoms with van der Waals surface area (Å²) in [4.78, 5) is 22.5. The maximum absolute atomic E-state index is 12.5. The average molecular weight is 339 g/mol. The Kier molecular flexibility index (Phi) is 4.86. The minimum atomic E-state index is -0.0937. The summed E-state index contributed by atoms with van der Waals surface area (Å²) < 4.78 is 5.72. The lowest BCUT2D eigenvalue weighted by Gasteiger charge is -2.14. The zero-order chi connectivity index (χ0) is 16.9. The molecule has 0 fully saturated rings. The first kappa shape index (κ1) is 16.1. The Morgan fingerprint density at radius 2 is 2.12 bits per heavy atom. The van der Waals surface area contributed by atoms with Crippen LogP contribution in [0.1, 0.15) is 21.6 Å². The number of nitrogens with zero attached hydrogens (tertiary/aromatic N) is 3. The Balaban J connectivity index is 1.69. The van der Waals surface area contributed by atoms with Crippen LogP contribution < -0.4 is 9.64 Å². The zero-order valence-electron chi connectivity index (χ0n) is 13.5. The Hall–Kier alpha value is -2.73. The molecule has 0 atom stereocenters. The Labute approximate surface area is 144 Å². The molecule has 1 aromatic carbocycles. The number of rotatable bonds is 5. The summed E-state index contributed by atoms with van der Waals surface area (Å²) in [7, 11) is 1.72.